The van der Waals surface area contributed by atoms with Crippen LogP contribution >= 0.6 is 11.3 Å². The Balaban J connectivity index is 2.08. The van der Waals surface area contributed by atoms with E-state index in [1.807, 2.05) is 20.8 Å². The molecule has 1 aromatic heterocycles. The molecule has 3 rings (SSSR count). The van der Waals surface area contributed by atoms with E-state index in [1.54, 1.807) is 18.1 Å². The fraction of sp³-hybridized carbons (Fsp3) is 0.679. The first-order valence-electron chi connectivity index (χ1n) is 13.0. The molecule has 1 saturated carbocycles. The molecule has 0 aromatic carbocycles. The molecule has 2 amide bonds. The summed E-state index contributed by atoms with van der Waals surface area (Å²) in [6.07, 6.45) is 5.57. The molecule has 0 radical (unpaired) electrons. The first-order chi connectivity index (χ1) is 17.0. The Morgan fingerprint density at radius 2 is 1.89 bits per heavy atom. The molecule has 0 bridgehead atoms. The Bertz CT molecular complexity index is 1010. The maximum Gasteiger partial charge on any atom is 0.348 e. The number of ether oxygens (including phenoxy) is 1. The second-order valence-electron chi connectivity index (χ2n) is 11.1. The number of aromatic carboxylic acids is 1. The molecule has 1 unspecified atom stereocenters. The van der Waals surface area contributed by atoms with Crippen LogP contribution in [0.15, 0.2) is 6.07 Å². The van der Waals surface area contributed by atoms with Crippen LogP contribution in [0.25, 0.3) is 0 Å². The van der Waals surface area contributed by atoms with Crippen molar-refractivity contribution in [3.05, 3.63) is 15.8 Å². The van der Waals surface area contributed by atoms with Gasteiger partial charge in [-0.2, -0.15) is 0 Å². The van der Waals surface area contributed by atoms with Gasteiger partial charge in [-0.3, -0.25) is 14.5 Å². The highest BCUT2D eigenvalue weighted by molar-refractivity contribution is 7.15. The van der Waals surface area contributed by atoms with Crippen LogP contribution in [-0.4, -0.2) is 60.6 Å². The third kappa shape index (κ3) is 7.10. The van der Waals surface area contributed by atoms with E-state index in [0.717, 1.165) is 49.9 Å². The largest absolute Gasteiger partial charge is 0.477 e. The molecule has 2 fully saturated rings. The number of hydrogen-bond donors (Lipinski definition) is 1. The molecule has 2 aliphatic rings. The van der Waals surface area contributed by atoms with Crippen LogP contribution in [0.2, 0.25) is 0 Å². The second-order valence-corrected chi connectivity index (χ2v) is 12.2. The molecule has 1 atom stereocenters. The van der Waals surface area contributed by atoms with Gasteiger partial charge in [0.05, 0.1) is 17.2 Å². The van der Waals surface area contributed by atoms with Crippen LogP contribution in [0.1, 0.15) is 87.2 Å². The van der Waals surface area contributed by atoms with Gasteiger partial charge < -0.3 is 14.7 Å². The van der Waals surface area contributed by atoms with Gasteiger partial charge in [-0.25, -0.2) is 4.79 Å². The smallest absolute Gasteiger partial charge is 0.348 e. The summed E-state index contributed by atoms with van der Waals surface area (Å²) in [5.74, 6) is 5.24. The van der Waals surface area contributed by atoms with Gasteiger partial charge in [-0.15, -0.1) is 11.3 Å². The van der Waals surface area contributed by atoms with Crippen LogP contribution in [0.3, 0.4) is 0 Å². The molecular formula is C28H40N2O5S. The number of carbonyl (C=O) groups is 3. The van der Waals surface area contributed by atoms with Crippen molar-refractivity contribution in [1.29, 1.82) is 0 Å². The first-order valence-corrected chi connectivity index (χ1v) is 13.8. The molecule has 0 spiro atoms. The molecule has 7 nitrogen and oxygen atoms in total. The third-order valence-electron chi connectivity index (χ3n) is 6.96. The number of rotatable bonds is 7. The molecular weight excluding hydrogens is 476 g/mol. The van der Waals surface area contributed by atoms with Crippen molar-refractivity contribution in [2.45, 2.75) is 78.7 Å². The number of anilines is 1. The second kappa shape index (κ2) is 12.2. The number of amides is 2. The number of hydrogen-bond acceptors (Lipinski definition) is 5. The minimum atomic E-state index is -1.11. The van der Waals surface area contributed by atoms with Crippen molar-refractivity contribution in [3.63, 3.8) is 0 Å². The fourth-order valence-corrected chi connectivity index (χ4v) is 5.76. The van der Waals surface area contributed by atoms with Crippen molar-refractivity contribution in [2.24, 2.45) is 17.3 Å². The van der Waals surface area contributed by atoms with Crippen molar-refractivity contribution < 1.29 is 24.2 Å². The number of carboxylic acids is 1. The van der Waals surface area contributed by atoms with Crippen LogP contribution in [0.4, 0.5) is 5.69 Å². The van der Waals surface area contributed by atoms with Gasteiger partial charge in [-0.05, 0) is 77.7 Å². The Morgan fingerprint density at radius 1 is 1.19 bits per heavy atom. The van der Waals surface area contributed by atoms with E-state index in [4.69, 9.17) is 4.74 Å². The summed E-state index contributed by atoms with van der Waals surface area (Å²) in [6.45, 7) is 9.65. The minimum Gasteiger partial charge on any atom is -0.477 e. The highest BCUT2D eigenvalue weighted by atomic mass is 32.1. The quantitative estimate of drug-likeness (QED) is 0.514. The van der Waals surface area contributed by atoms with Gasteiger partial charge in [0.2, 0.25) is 11.8 Å². The number of carboxylic acid groups (broad SMARTS) is 1. The lowest BCUT2D eigenvalue weighted by molar-refractivity contribution is -0.135. The normalized spacial score (nSPS) is 23.0. The van der Waals surface area contributed by atoms with Crippen LogP contribution in [0, 0.1) is 29.1 Å². The summed E-state index contributed by atoms with van der Waals surface area (Å²) in [5.41, 5.74) is 0.0577. The molecule has 1 N–H and O–H groups in total. The van der Waals surface area contributed by atoms with Gasteiger partial charge in [0.15, 0.2) is 0 Å². The molecule has 2 heterocycles. The number of likely N-dealkylation sites (tertiary alicyclic amines) is 1. The first kappa shape index (κ1) is 28.2. The standard InChI is InChI=1S/C28H40N2O5S/c1-19-9-11-20(12-10-19)25(31)30(22-8-6-7-15-29(26(22)32)16-17-35-5)23-18-21(13-14-28(2,3)4)36-24(23)27(33)34/h18-20,22H,6-12,15-17H2,1-5H3,(H,33,34). The Morgan fingerprint density at radius 3 is 2.50 bits per heavy atom. The van der Waals surface area contributed by atoms with Crippen LogP contribution in [0.5, 0.6) is 0 Å². The molecule has 1 saturated heterocycles. The predicted octanol–water partition coefficient (Wildman–Crippen LogP) is 5.03. The number of nitrogens with zero attached hydrogens (tertiary/aromatic N) is 2. The lowest BCUT2D eigenvalue weighted by atomic mass is 9.82. The predicted molar refractivity (Wildman–Crippen MR) is 142 cm³/mol. The number of thiophene rings is 1. The van der Waals surface area contributed by atoms with Crippen molar-refractivity contribution in [3.8, 4) is 11.8 Å². The average Bonchev–Trinajstić information content (AvgIpc) is 3.16. The van der Waals surface area contributed by atoms with Gasteiger partial charge >= 0.3 is 5.97 Å². The van der Waals surface area contributed by atoms with Gasteiger partial charge in [-0.1, -0.05) is 18.8 Å². The summed E-state index contributed by atoms with van der Waals surface area (Å²) in [6, 6.07) is 0.973. The van der Waals surface area contributed by atoms with Gasteiger partial charge in [0, 0.05) is 31.5 Å². The number of methoxy groups -OCH3 is 1. The van der Waals surface area contributed by atoms with E-state index in [1.165, 1.54) is 4.90 Å². The van der Waals surface area contributed by atoms with Crippen molar-refractivity contribution in [1.82, 2.24) is 4.90 Å². The monoisotopic (exact) mass is 516 g/mol. The van der Waals surface area contributed by atoms with E-state index in [-0.39, 0.29) is 28.0 Å². The van der Waals surface area contributed by atoms with Crippen LogP contribution in [-0.2, 0) is 14.3 Å². The highest BCUT2D eigenvalue weighted by Crippen LogP contribution is 2.37. The Hall–Kier alpha value is -2.37. The molecule has 1 aromatic rings. The number of carbonyl (C=O) groups excluding carboxylic acids is 2. The molecule has 36 heavy (non-hydrogen) atoms. The minimum absolute atomic E-state index is 0.0613. The SMILES string of the molecule is COCCN1CCCCC(N(C(=O)C2CCC(C)CC2)c2cc(C#CC(C)(C)C)sc2C(=O)O)C1=O. The summed E-state index contributed by atoms with van der Waals surface area (Å²) in [4.78, 5) is 44.1. The summed E-state index contributed by atoms with van der Waals surface area (Å²) in [5, 5.41) is 10.1. The maximum absolute atomic E-state index is 14.1. The molecule has 8 heteroatoms. The van der Waals surface area contributed by atoms with E-state index in [9.17, 15) is 19.5 Å². The topological polar surface area (TPSA) is 87.2 Å². The zero-order valence-electron chi connectivity index (χ0n) is 22.3. The molecule has 1 aliphatic heterocycles. The zero-order valence-corrected chi connectivity index (χ0v) is 23.1. The highest BCUT2D eigenvalue weighted by Gasteiger charge is 2.40. The van der Waals surface area contributed by atoms with Crippen molar-refractivity contribution >= 4 is 34.8 Å². The zero-order chi connectivity index (χ0) is 26.5. The summed E-state index contributed by atoms with van der Waals surface area (Å²) >= 11 is 1.07. The molecule has 198 valence electrons. The van der Waals surface area contributed by atoms with Gasteiger partial charge in [0.25, 0.3) is 0 Å². The van der Waals surface area contributed by atoms with Crippen LogP contribution < -0.4 is 4.90 Å². The summed E-state index contributed by atoms with van der Waals surface area (Å²) in [7, 11) is 1.60. The third-order valence-corrected chi connectivity index (χ3v) is 7.99. The molecule has 1 aliphatic carbocycles. The van der Waals surface area contributed by atoms with E-state index in [2.05, 4.69) is 18.8 Å². The van der Waals surface area contributed by atoms with E-state index in [0.29, 0.717) is 42.6 Å². The van der Waals surface area contributed by atoms with E-state index < -0.39 is 12.0 Å². The van der Waals surface area contributed by atoms with E-state index >= 15 is 0 Å². The summed E-state index contributed by atoms with van der Waals surface area (Å²) < 4.78 is 5.21. The Labute approximate surface area is 219 Å². The fourth-order valence-electron chi connectivity index (χ4n) is 4.92. The lowest BCUT2D eigenvalue weighted by Gasteiger charge is -2.36. The maximum atomic E-state index is 14.1. The van der Waals surface area contributed by atoms with Gasteiger partial charge in [0.1, 0.15) is 10.9 Å². The van der Waals surface area contributed by atoms with Crippen molar-refractivity contribution in [2.75, 3.05) is 31.7 Å². The average molecular weight is 517 g/mol. The Kier molecular flexibility index (Phi) is 9.59. The lowest BCUT2D eigenvalue weighted by Crippen LogP contribution is -2.53.